The second-order valence-corrected chi connectivity index (χ2v) is 4.72. The molecule has 7 nitrogen and oxygen atoms in total. The van der Waals surface area contributed by atoms with Gasteiger partial charge in [-0.3, -0.25) is 9.59 Å². The lowest BCUT2D eigenvalue weighted by Gasteiger charge is -2.40. The number of carbonyl (C=O) groups excluding carboxylic acids is 2. The van der Waals surface area contributed by atoms with Gasteiger partial charge < -0.3 is 26.2 Å². The van der Waals surface area contributed by atoms with Crippen LogP contribution in [0, 0.1) is 0 Å². The van der Waals surface area contributed by atoms with Crippen molar-refractivity contribution in [3.8, 4) is 5.75 Å². The topological polar surface area (TPSA) is 116 Å². The predicted octanol–water partition coefficient (Wildman–Crippen LogP) is -1.35. The molecule has 0 bridgehead atoms. The van der Waals surface area contributed by atoms with Gasteiger partial charge in [0.05, 0.1) is 18.2 Å². The molecule has 20 heavy (non-hydrogen) atoms. The van der Waals surface area contributed by atoms with Crippen molar-refractivity contribution in [2.45, 2.75) is 12.1 Å². The summed E-state index contributed by atoms with van der Waals surface area (Å²) < 4.78 is 0. The number of nitrogens with two attached hydrogens (primary N) is 1. The minimum absolute atomic E-state index is 0.0627. The molecular weight excluding hydrogens is 262 g/mol. The molecule has 1 atom stereocenters. The van der Waals surface area contributed by atoms with Crippen LogP contribution in [0.3, 0.4) is 0 Å². The van der Waals surface area contributed by atoms with Crippen LogP contribution in [0.15, 0.2) is 24.3 Å². The highest BCUT2D eigenvalue weighted by molar-refractivity contribution is 5.97. The van der Waals surface area contributed by atoms with Gasteiger partial charge in [-0.1, -0.05) is 12.1 Å². The minimum Gasteiger partial charge on any atom is -0.507 e. The first-order chi connectivity index (χ1) is 9.52. The summed E-state index contributed by atoms with van der Waals surface area (Å²) in [5.41, 5.74) is 5.61. The Balaban J connectivity index is 1.86. The average molecular weight is 279 g/mol. The molecule has 1 fully saturated rings. The second kappa shape index (κ2) is 5.89. The van der Waals surface area contributed by atoms with Gasteiger partial charge in [0.2, 0.25) is 5.91 Å². The van der Waals surface area contributed by atoms with E-state index < -0.39 is 18.6 Å². The van der Waals surface area contributed by atoms with Crippen LogP contribution in [0.2, 0.25) is 0 Å². The molecule has 1 aromatic rings. The van der Waals surface area contributed by atoms with Crippen LogP contribution in [-0.4, -0.2) is 58.7 Å². The Bertz CT molecular complexity index is 514. The number of hydrogen-bond acceptors (Lipinski definition) is 5. The standard InChI is InChI=1S/C13H17N3O4/c14-10(7-17)12(19)15-8-5-16(6-8)13(20)9-3-1-2-4-11(9)18/h1-4,8,10,17-18H,5-7,14H2,(H,15,19)/t10-/m0/s1. The fourth-order valence-corrected chi connectivity index (χ4v) is 1.95. The highest BCUT2D eigenvalue weighted by atomic mass is 16.3. The van der Waals surface area contributed by atoms with Gasteiger partial charge in [-0.15, -0.1) is 0 Å². The summed E-state index contributed by atoms with van der Waals surface area (Å²) in [4.78, 5) is 25.0. The lowest BCUT2D eigenvalue weighted by Crippen LogP contribution is -2.63. The smallest absolute Gasteiger partial charge is 0.257 e. The van der Waals surface area contributed by atoms with E-state index in [2.05, 4.69) is 5.32 Å². The number of para-hydroxylation sites is 1. The maximum Gasteiger partial charge on any atom is 0.257 e. The lowest BCUT2D eigenvalue weighted by atomic mass is 10.1. The molecule has 2 rings (SSSR count). The van der Waals surface area contributed by atoms with Crippen molar-refractivity contribution in [1.29, 1.82) is 0 Å². The number of benzene rings is 1. The first kappa shape index (κ1) is 14.3. The number of carbonyl (C=O) groups is 2. The van der Waals surface area contributed by atoms with Crippen LogP contribution in [0.25, 0.3) is 0 Å². The summed E-state index contributed by atoms with van der Waals surface area (Å²) >= 11 is 0. The Morgan fingerprint density at radius 2 is 2.05 bits per heavy atom. The van der Waals surface area contributed by atoms with Crippen LogP contribution in [-0.2, 0) is 4.79 Å². The quantitative estimate of drug-likeness (QED) is 0.544. The molecule has 0 aliphatic carbocycles. The van der Waals surface area contributed by atoms with Crippen LogP contribution in [0.1, 0.15) is 10.4 Å². The fourth-order valence-electron chi connectivity index (χ4n) is 1.95. The third-order valence-corrected chi connectivity index (χ3v) is 3.18. The Morgan fingerprint density at radius 1 is 1.40 bits per heavy atom. The molecular formula is C13H17N3O4. The van der Waals surface area contributed by atoms with Gasteiger partial charge >= 0.3 is 0 Å². The number of nitrogens with one attached hydrogen (secondary N) is 1. The van der Waals surface area contributed by atoms with E-state index in [1.54, 1.807) is 18.2 Å². The van der Waals surface area contributed by atoms with Crippen molar-refractivity contribution < 1.29 is 19.8 Å². The van der Waals surface area contributed by atoms with Crippen molar-refractivity contribution in [2.24, 2.45) is 5.73 Å². The van der Waals surface area contributed by atoms with Crippen molar-refractivity contribution in [2.75, 3.05) is 19.7 Å². The number of hydrogen-bond donors (Lipinski definition) is 4. The number of phenols is 1. The molecule has 108 valence electrons. The number of likely N-dealkylation sites (tertiary alicyclic amines) is 1. The Kier molecular flexibility index (Phi) is 4.21. The monoisotopic (exact) mass is 279 g/mol. The predicted molar refractivity (Wildman–Crippen MR) is 71.0 cm³/mol. The van der Waals surface area contributed by atoms with E-state index in [-0.39, 0.29) is 23.3 Å². The van der Waals surface area contributed by atoms with Crippen molar-refractivity contribution in [3.63, 3.8) is 0 Å². The molecule has 1 aromatic carbocycles. The SMILES string of the molecule is N[C@@H](CO)C(=O)NC1CN(C(=O)c2ccccc2O)C1. The second-order valence-electron chi connectivity index (χ2n) is 4.72. The third-order valence-electron chi connectivity index (χ3n) is 3.18. The van der Waals surface area contributed by atoms with Gasteiger partial charge in [0.1, 0.15) is 11.8 Å². The molecule has 0 aromatic heterocycles. The Hall–Kier alpha value is -2.12. The third kappa shape index (κ3) is 2.89. The Morgan fingerprint density at radius 3 is 2.65 bits per heavy atom. The van der Waals surface area contributed by atoms with Crippen LogP contribution >= 0.6 is 0 Å². The summed E-state index contributed by atoms with van der Waals surface area (Å²) in [5, 5.41) is 21.0. The molecule has 2 amide bonds. The highest BCUT2D eigenvalue weighted by Crippen LogP contribution is 2.20. The summed E-state index contributed by atoms with van der Waals surface area (Å²) in [7, 11) is 0. The van der Waals surface area contributed by atoms with Gasteiger partial charge in [0.25, 0.3) is 5.91 Å². The molecule has 0 saturated carbocycles. The Labute approximate surface area is 116 Å². The number of nitrogens with zero attached hydrogens (tertiary/aromatic N) is 1. The molecule has 0 radical (unpaired) electrons. The van der Waals surface area contributed by atoms with E-state index in [0.29, 0.717) is 13.1 Å². The van der Waals surface area contributed by atoms with Gasteiger partial charge in [-0.05, 0) is 12.1 Å². The molecule has 0 unspecified atom stereocenters. The largest absolute Gasteiger partial charge is 0.507 e. The lowest BCUT2D eigenvalue weighted by molar-refractivity contribution is -0.124. The van der Waals surface area contributed by atoms with Crippen LogP contribution < -0.4 is 11.1 Å². The number of rotatable bonds is 4. The zero-order valence-electron chi connectivity index (χ0n) is 10.8. The molecule has 1 saturated heterocycles. The molecule has 1 aliphatic rings. The summed E-state index contributed by atoms with van der Waals surface area (Å²) in [6, 6.07) is 5.19. The van der Waals surface area contributed by atoms with E-state index >= 15 is 0 Å². The van der Waals surface area contributed by atoms with E-state index in [1.165, 1.54) is 11.0 Å². The van der Waals surface area contributed by atoms with Gasteiger partial charge in [-0.2, -0.15) is 0 Å². The van der Waals surface area contributed by atoms with Crippen LogP contribution in [0.5, 0.6) is 5.75 Å². The average Bonchev–Trinajstić information content (AvgIpc) is 2.41. The van der Waals surface area contributed by atoms with E-state index in [1.807, 2.05) is 0 Å². The zero-order valence-corrected chi connectivity index (χ0v) is 10.8. The highest BCUT2D eigenvalue weighted by Gasteiger charge is 2.33. The van der Waals surface area contributed by atoms with Crippen molar-refractivity contribution >= 4 is 11.8 Å². The van der Waals surface area contributed by atoms with Gasteiger partial charge in [-0.25, -0.2) is 0 Å². The van der Waals surface area contributed by atoms with Gasteiger partial charge in [0.15, 0.2) is 0 Å². The number of aliphatic hydroxyl groups excluding tert-OH is 1. The number of phenolic OH excluding ortho intramolecular Hbond substituents is 1. The number of aliphatic hydroxyl groups is 1. The molecule has 7 heteroatoms. The molecule has 5 N–H and O–H groups in total. The number of amides is 2. The van der Waals surface area contributed by atoms with Crippen molar-refractivity contribution in [3.05, 3.63) is 29.8 Å². The van der Waals surface area contributed by atoms with Crippen molar-refractivity contribution in [1.82, 2.24) is 10.2 Å². The fraction of sp³-hybridized carbons (Fsp3) is 0.385. The van der Waals surface area contributed by atoms with Gasteiger partial charge in [0, 0.05) is 13.1 Å². The number of aromatic hydroxyl groups is 1. The first-order valence-electron chi connectivity index (χ1n) is 6.27. The zero-order chi connectivity index (χ0) is 14.7. The first-order valence-corrected chi connectivity index (χ1v) is 6.27. The molecule has 1 aliphatic heterocycles. The van der Waals surface area contributed by atoms with Crippen LogP contribution in [0.4, 0.5) is 0 Å². The summed E-state index contributed by atoms with van der Waals surface area (Å²) in [5.74, 6) is -0.778. The maximum absolute atomic E-state index is 12.1. The molecule has 0 spiro atoms. The summed E-state index contributed by atoms with van der Waals surface area (Å²) in [6.07, 6.45) is 0. The maximum atomic E-state index is 12.1. The minimum atomic E-state index is -0.946. The summed E-state index contributed by atoms with van der Waals surface area (Å²) in [6.45, 7) is 0.299. The van der Waals surface area contributed by atoms with E-state index in [0.717, 1.165) is 0 Å². The van der Waals surface area contributed by atoms with E-state index in [4.69, 9.17) is 10.8 Å². The van der Waals surface area contributed by atoms with E-state index in [9.17, 15) is 14.7 Å². The normalized spacial score (nSPS) is 16.4. The molecule has 1 heterocycles.